The molecule has 0 fully saturated rings. The summed E-state index contributed by atoms with van der Waals surface area (Å²) in [5.41, 5.74) is 6.36. The topological polar surface area (TPSA) is 44.5 Å². The zero-order valence-corrected chi connectivity index (χ0v) is 11.5. The quantitative estimate of drug-likeness (QED) is 0.871. The molecule has 2 N–H and O–H groups in total. The van der Waals surface area contributed by atoms with E-state index in [4.69, 9.17) is 15.2 Å². The third kappa shape index (κ3) is 3.50. The Kier molecular flexibility index (Phi) is 4.85. The summed E-state index contributed by atoms with van der Waals surface area (Å²) in [6.07, 6.45) is 0. The average Bonchev–Trinajstić information content (AvgIpc) is 2.90. The number of ether oxygens (including phenoxy) is 2. The smallest absolute Gasteiger partial charge is 0.161 e. The molecule has 0 aliphatic heterocycles. The molecular formula is C15H15NO2S. The fourth-order valence-electron chi connectivity index (χ4n) is 1.59. The van der Waals surface area contributed by atoms with Crippen molar-refractivity contribution in [2.75, 3.05) is 13.7 Å². The van der Waals surface area contributed by atoms with E-state index >= 15 is 0 Å². The molecule has 0 aliphatic rings. The molecule has 1 aromatic carbocycles. The van der Waals surface area contributed by atoms with Crippen molar-refractivity contribution in [2.45, 2.75) is 6.61 Å². The summed E-state index contributed by atoms with van der Waals surface area (Å²) in [5.74, 6) is 7.36. The lowest BCUT2D eigenvalue weighted by atomic mass is 10.2. The van der Waals surface area contributed by atoms with Gasteiger partial charge in [-0.05, 0) is 23.6 Å². The molecule has 3 nitrogen and oxygen atoms in total. The Morgan fingerprint density at radius 3 is 2.74 bits per heavy atom. The summed E-state index contributed by atoms with van der Waals surface area (Å²) in [7, 11) is 1.63. The molecule has 0 radical (unpaired) electrons. The Balaban J connectivity index is 2.08. The first-order valence-electron chi connectivity index (χ1n) is 5.86. The number of hydrogen-bond donors (Lipinski definition) is 1. The third-order valence-corrected chi connectivity index (χ3v) is 3.39. The Hall–Kier alpha value is -1.96. The van der Waals surface area contributed by atoms with Crippen LogP contribution in [-0.4, -0.2) is 13.7 Å². The molecule has 19 heavy (non-hydrogen) atoms. The van der Waals surface area contributed by atoms with Crippen LogP contribution in [0.1, 0.15) is 10.4 Å². The molecule has 0 saturated carbocycles. The first-order chi connectivity index (χ1) is 9.35. The zero-order valence-electron chi connectivity index (χ0n) is 10.7. The summed E-state index contributed by atoms with van der Waals surface area (Å²) < 4.78 is 11.0. The second-order valence-corrected chi connectivity index (χ2v) is 4.70. The van der Waals surface area contributed by atoms with Gasteiger partial charge in [-0.25, -0.2) is 0 Å². The highest BCUT2D eigenvalue weighted by atomic mass is 32.1. The first kappa shape index (κ1) is 13.5. The van der Waals surface area contributed by atoms with Crippen molar-refractivity contribution < 1.29 is 9.47 Å². The molecule has 98 valence electrons. The summed E-state index contributed by atoms with van der Waals surface area (Å²) in [6.45, 7) is 0.843. The van der Waals surface area contributed by atoms with E-state index < -0.39 is 0 Å². The number of hydrogen-bond acceptors (Lipinski definition) is 4. The minimum atomic E-state index is 0.364. The lowest BCUT2D eigenvalue weighted by Crippen LogP contribution is -1.97. The molecule has 0 saturated heterocycles. The molecule has 0 atom stereocenters. The van der Waals surface area contributed by atoms with E-state index in [0.717, 1.165) is 21.9 Å². The molecule has 4 heteroatoms. The Labute approximate surface area is 117 Å². The number of nitrogens with two attached hydrogens (primary N) is 1. The van der Waals surface area contributed by atoms with Gasteiger partial charge in [-0.15, -0.1) is 11.3 Å². The van der Waals surface area contributed by atoms with Crippen molar-refractivity contribution >= 4 is 11.3 Å². The molecule has 2 rings (SSSR count). The van der Waals surface area contributed by atoms with Gasteiger partial charge in [0.15, 0.2) is 11.5 Å². The Morgan fingerprint density at radius 2 is 2.00 bits per heavy atom. The van der Waals surface area contributed by atoms with Gasteiger partial charge in [0.25, 0.3) is 0 Å². The van der Waals surface area contributed by atoms with Gasteiger partial charge in [-0.3, -0.25) is 0 Å². The molecule has 2 aromatic rings. The maximum absolute atomic E-state index is 5.78. The molecule has 0 spiro atoms. The highest BCUT2D eigenvalue weighted by molar-refractivity contribution is 7.10. The fraction of sp³-hybridized carbons (Fsp3) is 0.200. The minimum absolute atomic E-state index is 0.364. The standard InChI is InChI=1S/C15H15NO2S/c1-17-13-6-2-3-7-14(13)18-11-15-12(5-4-9-16)8-10-19-15/h2-3,6-8,10H,9,11,16H2,1H3. The summed E-state index contributed by atoms with van der Waals surface area (Å²) >= 11 is 1.62. The van der Waals surface area contributed by atoms with E-state index in [1.54, 1.807) is 18.4 Å². The van der Waals surface area contributed by atoms with Crippen LogP contribution in [0.2, 0.25) is 0 Å². The molecule has 0 unspecified atom stereocenters. The number of thiophene rings is 1. The van der Waals surface area contributed by atoms with E-state index in [1.165, 1.54) is 0 Å². The number of methoxy groups -OCH3 is 1. The first-order valence-corrected chi connectivity index (χ1v) is 6.74. The van der Waals surface area contributed by atoms with E-state index in [-0.39, 0.29) is 0 Å². The van der Waals surface area contributed by atoms with Crippen LogP contribution in [0.25, 0.3) is 0 Å². The molecule has 1 heterocycles. The molecule has 0 aliphatic carbocycles. The van der Waals surface area contributed by atoms with E-state index in [1.807, 2.05) is 35.7 Å². The largest absolute Gasteiger partial charge is 0.493 e. The zero-order chi connectivity index (χ0) is 13.5. The lowest BCUT2D eigenvalue weighted by molar-refractivity contribution is 0.287. The van der Waals surface area contributed by atoms with E-state index in [2.05, 4.69) is 11.8 Å². The minimum Gasteiger partial charge on any atom is -0.493 e. The van der Waals surface area contributed by atoms with Crippen molar-refractivity contribution in [3.63, 3.8) is 0 Å². The van der Waals surface area contributed by atoms with Crippen LogP contribution in [0.3, 0.4) is 0 Å². The predicted molar refractivity (Wildman–Crippen MR) is 77.6 cm³/mol. The van der Waals surface area contributed by atoms with Crippen LogP contribution in [0.4, 0.5) is 0 Å². The lowest BCUT2D eigenvalue weighted by Gasteiger charge is -2.09. The van der Waals surface area contributed by atoms with Crippen molar-refractivity contribution in [1.29, 1.82) is 0 Å². The van der Waals surface area contributed by atoms with Crippen LogP contribution in [0, 0.1) is 11.8 Å². The van der Waals surface area contributed by atoms with E-state index in [9.17, 15) is 0 Å². The number of rotatable bonds is 4. The molecule has 1 aromatic heterocycles. The van der Waals surface area contributed by atoms with Gasteiger partial charge >= 0.3 is 0 Å². The molecule has 0 bridgehead atoms. The van der Waals surface area contributed by atoms with Gasteiger partial charge in [0, 0.05) is 5.56 Å². The number of benzene rings is 1. The van der Waals surface area contributed by atoms with Crippen LogP contribution < -0.4 is 15.2 Å². The van der Waals surface area contributed by atoms with Gasteiger partial charge in [0.05, 0.1) is 18.5 Å². The van der Waals surface area contributed by atoms with Gasteiger partial charge < -0.3 is 15.2 Å². The van der Waals surface area contributed by atoms with Gasteiger partial charge in [-0.2, -0.15) is 0 Å². The van der Waals surface area contributed by atoms with Crippen molar-refractivity contribution in [2.24, 2.45) is 5.73 Å². The normalized spacial score (nSPS) is 9.58. The second kappa shape index (κ2) is 6.83. The van der Waals surface area contributed by atoms with Crippen LogP contribution >= 0.6 is 11.3 Å². The average molecular weight is 273 g/mol. The fourth-order valence-corrected chi connectivity index (χ4v) is 2.33. The summed E-state index contributed by atoms with van der Waals surface area (Å²) in [4.78, 5) is 1.09. The van der Waals surface area contributed by atoms with Crippen LogP contribution in [-0.2, 0) is 6.61 Å². The summed E-state index contributed by atoms with van der Waals surface area (Å²) in [5, 5.41) is 2.00. The molecular weight excluding hydrogens is 258 g/mol. The maximum atomic E-state index is 5.78. The Morgan fingerprint density at radius 1 is 1.21 bits per heavy atom. The van der Waals surface area contributed by atoms with Crippen LogP contribution in [0.15, 0.2) is 35.7 Å². The van der Waals surface area contributed by atoms with Gasteiger partial charge in [0.1, 0.15) is 6.61 Å². The van der Waals surface area contributed by atoms with Crippen LogP contribution in [0.5, 0.6) is 11.5 Å². The number of para-hydroxylation sites is 2. The van der Waals surface area contributed by atoms with E-state index in [0.29, 0.717) is 13.2 Å². The SMILES string of the molecule is COc1ccccc1OCc1sccc1C#CCN. The predicted octanol–water partition coefficient (Wildman–Crippen LogP) is 2.65. The monoisotopic (exact) mass is 273 g/mol. The highest BCUT2D eigenvalue weighted by Crippen LogP contribution is 2.27. The maximum Gasteiger partial charge on any atom is 0.161 e. The van der Waals surface area contributed by atoms with Gasteiger partial charge in [0.2, 0.25) is 0 Å². The molecule has 0 amide bonds. The van der Waals surface area contributed by atoms with Crippen molar-refractivity contribution in [3.8, 4) is 23.3 Å². The van der Waals surface area contributed by atoms with Gasteiger partial charge in [-0.1, -0.05) is 24.0 Å². The third-order valence-electron chi connectivity index (χ3n) is 2.50. The highest BCUT2D eigenvalue weighted by Gasteiger charge is 2.06. The van der Waals surface area contributed by atoms with Crippen molar-refractivity contribution in [3.05, 3.63) is 46.2 Å². The van der Waals surface area contributed by atoms with Crippen molar-refractivity contribution in [1.82, 2.24) is 0 Å². The Bertz CT molecular complexity index is 595. The second-order valence-electron chi connectivity index (χ2n) is 3.70. The summed E-state index contributed by atoms with van der Waals surface area (Å²) in [6, 6.07) is 9.57.